The van der Waals surface area contributed by atoms with Gasteiger partial charge in [0.05, 0.1) is 5.25 Å². The molecule has 1 aliphatic heterocycles. The molecule has 1 aliphatic carbocycles. The third kappa shape index (κ3) is 2.64. The Bertz CT molecular complexity index is 386. The Kier molecular flexibility index (Phi) is 2.84. The van der Waals surface area contributed by atoms with Crippen LogP contribution in [0.5, 0.6) is 5.75 Å². The molecule has 0 bridgehead atoms. The molecule has 15 heavy (non-hydrogen) atoms. The van der Waals surface area contributed by atoms with Gasteiger partial charge in [0.2, 0.25) is 0 Å². The molecule has 2 unspecified atom stereocenters. The molecule has 2 nitrogen and oxygen atoms in total. The maximum atomic E-state index is 9.27. The van der Waals surface area contributed by atoms with E-state index >= 15 is 0 Å². The summed E-state index contributed by atoms with van der Waals surface area (Å²) in [6, 6.07) is 8.71. The summed E-state index contributed by atoms with van der Waals surface area (Å²) in [5.74, 6) is 0.322. The van der Waals surface area contributed by atoms with Gasteiger partial charge in [-0.05, 0) is 18.2 Å². The van der Waals surface area contributed by atoms with Gasteiger partial charge in [0.25, 0.3) is 0 Å². The van der Waals surface area contributed by atoms with Crippen molar-refractivity contribution in [3.05, 3.63) is 54.6 Å². The van der Waals surface area contributed by atoms with Crippen LogP contribution in [0.25, 0.3) is 0 Å². The highest BCUT2D eigenvalue weighted by Crippen LogP contribution is 2.54. The fraction of sp³-hybridized carbons (Fsp3) is 0.167. The van der Waals surface area contributed by atoms with Gasteiger partial charge < -0.3 is 10.2 Å². The lowest BCUT2D eigenvalue weighted by atomic mass is 10.1. The number of hydrogen-bond donors (Lipinski definition) is 2. The standard InChI is InChI=1S/C6H6OS.C6H6O/c7-6-4-2-1-3-5(6)8-6;7-6-4-2-1-3-5-6/h1-5,7H;1-5,7H. The van der Waals surface area contributed by atoms with Crippen molar-refractivity contribution in [1.29, 1.82) is 0 Å². The molecule has 3 rings (SSSR count). The van der Waals surface area contributed by atoms with Crippen molar-refractivity contribution in [3.63, 3.8) is 0 Å². The maximum Gasteiger partial charge on any atom is 0.145 e. The molecular weight excluding hydrogens is 208 g/mol. The first-order chi connectivity index (χ1) is 7.21. The first kappa shape index (κ1) is 10.3. The Hall–Kier alpha value is -1.19. The second-order valence-electron chi connectivity index (χ2n) is 3.37. The summed E-state index contributed by atoms with van der Waals surface area (Å²) in [4.78, 5) is -0.505. The maximum absolute atomic E-state index is 9.27. The molecule has 1 aromatic rings. The molecule has 1 heterocycles. The van der Waals surface area contributed by atoms with Crippen LogP contribution in [-0.4, -0.2) is 20.4 Å². The second-order valence-corrected chi connectivity index (χ2v) is 4.77. The quantitative estimate of drug-likeness (QED) is 0.659. The fourth-order valence-electron chi connectivity index (χ4n) is 1.27. The Labute approximate surface area is 92.9 Å². The lowest BCUT2D eigenvalue weighted by Crippen LogP contribution is -2.08. The monoisotopic (exact) mass is 220 g/mol. The number of para-hydroxylation sites is 1. The molecule has 1 fully saturated rings. The summed E-state index contributed by atoms with van der Waals surface area (Å²) in [5, 5.41) is 18.3. The van der Waals surface area contributed by atoms with E-state index in [0.29, 0.717) is 11.0 Å². The van der Waals surface area contributed by atoms with Gasteiger partial charge in [0.1, 0.15) is 10.7 Å². The van der Waals surface area contributed by atoms with Crippen molar-refractivity contribution < 1.29 is 10.2 Å². The van der Waals surface area contributed by atoms with Gasteiger partial charge in [-0.2, -0.15) is 0 Å². The fourth-order valence-corrected chi connectivity index (χ4v) is 2.09. The zero-order valence-electron chi connectivity index (χ0n) is 8.08. The Morgan fingerprint density at radius 3 is 2.27 bits per heavy atom. The Morgan fingerprint density at radius 2 is 1.87 bits per heavy atom. The number of aromatic hydroxyl groups is 1. The van der Waals surface area contributed by atoms with Crippen LogP contribution in [0.3, 0.4) is 0 Å². The zero-order valence-corrected chi connectivity index (χ0v) is 8.89. The first-order valence-electron chi connectivity index (χ1n) is 4.71. The number of benzene rings is 1. The number of phenols is 1. The molecular formula is C12H12O2S. The minimum atomic E-state index is -0.505. The Balaban J connectivity index is 0.000000115. The molecule has 2 N–H and O–H groups in total. The van der Waals surface area contributed by atoms with Gasteiger partial charge in [-0.15, -0.1) is 11.8 Å². The van der Waals surface area contributed by atoms with Crippen LogP contribution in [0.4, 0.5) is 0 Å². The molecule has 78 valence electrons. The predicted molar refractivity (Wildman–Crippen MR) is 62.7 cm³/mol. The number of phenolic OH excluding ortho intramolecular Hbond substituents is 1. The highest BCUT2D eigenvalue weighted by atomic mass is 32.2. The number of rotatable bonds is 0. The summed E-state index contributed by atoms with van der Waals surface area (Å²) in [5.41, 5.74) is 0. The minimum Gasteiger partial charge on any atom is -0.508 e. The molecule has 2 aliphatic rings. The number of thioether (sulfide) groups is 1. The van der Waals surface area contributed by atoms with Crippen LogP contribution in [0.1, 0.15) is 0 Å². The summed E-state index contributed by atoms with van der Waals surface area (Å²) < 4.78 is 0. The van der Waals surface area contributed by atoms with Crippen LogP contribution in [0, 0.1) is 0 Å². The number of fused-ring (bicyclic) bond motifs is 1. The average molecular weight is 220 g/mol. The number of allylic oxidation sites excluding steroid dienone is 2. The zero-order chi connectivity index (χ0) is 10.7. The summed E-state index contributed by atoms with van der Waals surface area (Å²) in [6.45, 7) is 0. The molecule has 1 aromatic carbocycles. The molecule has 0 spiro atoms. The molecule has 0 radical (unpaired) electrons. The van der Waals surface area contributed by atoms with Crippen molar-refractivity contribution in [1.82, 2.24) is 0 Å². The smallest absolute Gasteiger partial charge is 0.145 e. The highest BCUT2D eigenvalue weighted by Gasteiger charge is 2.51. The summed E-state index contributed by atoms with van der Waals surface area (Å²) >= 11 is 1.58. The van der Waals surface area contributed by atoms with Crippen molar-refractivity contribution in [3.8, 4) is 5.75 Å². The van der Waals surface area contributed by atoms with E-state index in [1.807, 2.05) is 30.4 Å². The predicted octanol–water partition coefficient (Wildman–Crippen LogP) is 2.31. The van der Waals surface area contributed by atoms with Gasteiger partial charge in [0.15, 0.2) is 0 Å². The third-order valence-electron chi connectivity index (χ3n) is 2.15. The van der Waals surface area contributed by atoms with Crippen molar-refractivity contribution in [2.45, 2.75) is 10.2 Å². The van der Waals surface area contributed by atoms with Gasteiger partial charge in [0, 0.05) is 0 Å². The van der Waals surface area contributed by atoms with Crippen LogP contribution in [-0.2, 0) is 0 Å². The number of hydrogen-bond acceptors (Lipinski definition) is 3. The van der Waals surface area contributed by atoms with Gasteiger partial charge in [-0.25, -0.2) is 0 Å². The minimum absolute atomic E-state index is 0.322. The Morgan fingerprint density at radius 1 is 1.13 bits per heavy atom. The van der Waals surface area contributed by atoms with E-state index in [0.717, 1.165) is 0 Å². The van der Waals surface area contributed by atoms with E-state index in [2.05, 4.69) is 0 Å². The van der Waals surface area contributed by atoms with Crippen LogP contribution in [0.2, 0.25) is 0 Å². The third-order valence-corrected chi connectivity index (χ3v) is 3.44. The van der Waals surface area contributed by atoms with E-state index in [1.54, 1.807) is 36.0 Å². The van der Waals surface area contributed by atoms with Crippen molar-refractivity contribution in [2.75, 3.05) is 0 Å². The molecule has 0 saturated carbocycles. The van der Waals surface area contributed by atoms with E-state index in [4.69, 9.17) is 5.11 Å². The lowest BCUT2D eigenvalue weighted by Gasteiger charge is -1.98. The highest BCUT2D eigenvalue weighted by molar-refractivity contribution is 8.08. The van der Waals surface area contributed by atoms with E-state index < -0.39 is 4.93 Å². The molecule has 2 atom stereocenters. The molecule has 0 amide bonds. The van der Waals surface area contributed by atoms with Gasteiger partial charge in [-0.1, -0.05) is 36.4 Å². The molecule has 1 saturated heterocycles. The van der Waals surface area contributed by atoms with E-state index in [1.165, 1.54) is 0 Å². The van der Waals surface area contributed by atoms with Gasteiger partial charge >= 0.3 is 0 Å². The van der Waals surface area contributed by atoms with Crippen molar-refractivity contribution in [2.24, 2.45) is 0 Å². The second kappa shape index (κ2) is 4.13. The van der Waals surface area contributed by atoms with Gasteiger partial charge in [-0.3, -0.25) is 0 Å². The normalized spacial score (nSPS) is 30.1. The lowest BCUT2D eigenvalue weighted by molar-refractivity contribution is 0.228. The van der Waals surface area contributed by atoms with Crippen molar-refractivity contribution >= 4 is 11.8 Å². The molecule has 0 aromatic heterocycles. The average Bonchev–Trinajstić information content (AvgIpc) is 2.92. The van der Waals surface area contributed by atoms with Crippen LogP contribution < -0.4 is 0 Å². The molecule has 3 heteroatoms. The topological polar surface area (TPSA) is 40.5 Å². The SMILES string of the molecule is OC12C=CC=CC1S2.Oc1ccccc1. The first-order valence-corrected chi connectivity index (χ1v) is 5.59. The summed E-state index contributed by atoms with van der Waals surface area (Å²) in [6.07, 6.45) is 7.71. The van der Waals surface area contributed by atoms with E-state index in [9.17, 15) is 5.11 Å². The van der Waals surface area contributed by atoms with E-state index in [-0.39, 0.29) is 0 Å². The van der Waals surface area contributed by atoms with Crippen LogP contribution in [0.15, 0.2) is 54.6 Å². The summed E-state index contributed by atoms with van der Waals surface area (Å²) in [7, 11) is 0. The van der Waals surface area contributed by atoms with Crippen LogP contribution >= 0.6 is 11.8 Å². The largest absolute Gasteiger partial charge is 0.508 e. The number of aliphatic hydroxyl groups is 1.